The summed E-state index contributed by atoms with van der Waals surface area (Å²) in [4.78, 5) is 20.3. The first-order valence-electron chi connectivity index (χ1n) is 12.0. The smallest absolute Gasteiger partial charge is 0.232 e. The Hall–Kier alpha value is -3.21. The van der Waals surface area contributed by atoms with E-state index in [0.29, 0.717) is 27.8 Å². The molecule has 4 heterocycles. The van der Waals surface area contributed by atoms with Crippen molar-refractivity contribution in [2.24, 2.45) is 5.92 Å². The highest BCUT2D eigenvalue weighted by Gasteiger charge is 2.19. The number of nitrogens with zero attached hydrogens (tertiary/aromatic N) is 5. The van der Waals surface area contributed by atoms with Gasteiger partial charge in [0.2, 0.25) is 5.95 Å². The number of halogens is 1. The molecule has 4 aromatic rings. The lowest BCUT2D eigenvalue weighted by molar-refractivity contribution is 0.436. The van der Waals surface area contributed by atoms with Gasteiger partial charge < -0.3 is 20.0 Å². The van der Waals surface area contributed by atoms with Crippen molar-refractivity contribution in [2.45, 2.75) is 36.5 Å². The highest BCUT2D eigenvalue weighted by atomic mass is 35.5. The predicted octanol–water partition coefficient (Wildman–Crippen LogP) is 6.05. The summed E-state index contributed by atoms with van der Waals surface area (Å²) in [6.07, 6.45) is 5.71. The molecule has 0 amide bonds. The van der Waals surface area contributed by atoms with Crippen molar-refractivity contribution in [2.75, 3.05) is 23.3 Å². The molecule has 0 bridgehead atoms. The summed E-state index contributed by atoms with van der Waals surface area (Å²) in [6, 6.07) is 15.2. The van der Waals surface area contributed by atoms with E-state index in [2.05, 4.69) is 37.4 Å². The van der Waals surface area contributed by atoms with Crippen LogP contribution >= 0.6 is 35.6 Å². The number of piperidine rings is 1. The zero-order valence-electron chi connectivity index (χ0n) is 20.2. The summed E-state index contributed by atoms with van der Waals surface area (Å²) in [5.41, 5.74) is 0.959. The molecule has 1 aliphatic rings. The number of nitrogens with one attached hydrogen (secondary N) is 2. The first kappa shape index (κ1) is 25.4. The third-order valence-corrected chi connectivity index (χ3v) is 7.28. The zero-order valence-corrected chi connectivity index (χ0v) is 22.6. The Morgan fingerprint density at radius 1 is 1.11 bits per heavy atom. The number of benzene rings is 1. The van der Waals surface area contributed by atoms with Gasteiger partial charge in [0.15, 0.2) is 10.3 Å². The summed E-state index contributed by atoms with van der Waals surface area (Å²) in [5.74, 6) is 3.53. The Labute approximate surface area is 230 Å². The number of hydrogen-bond donors (Lipinski definition) is 2. The third-order valence-electron chi connectivity index (χ3n) is 5.97. The summed E-state index contributed by atoms with van der Waals surface area (Å²) in [5, 5.41) is 8.77. The van der Waals surface area contributed by atoms with Crippen molar-refractivity contribution in [3.63, 3.8) is 0 Å². The average Bonchev–Trinajstić information content (AvgIpc) is 3.38. The first-order valence-corrected chi connectivity index (χ1v) is 13.6. The van der Waals surface area contributed by atoms with Crippen molar-refractivity contribution in [3.8, 4) is 11.3 Å². The van der Waals surface area contributed by atoms with E-state index in [4.69, 9.17) is 33.2 Å². The summed E-state index contributed by atoms with van der Waals surface area (Å²) < 4.78 is 5.95. The SMILES string of the molecule is CC1CCN(c2cc(Sc3ncccn3)nc(NC(=S)NCc3ccc(-c4ccc(Cl)cc4)o3)n2)CC1. The highest BCUT2D eigenvalue weighted by Crippen LogP contribution is 2.29. The molecule has 0 saturated carbocycles. The molecule has 0 radical (unpaired) electrons. The van der Waals surface area contributed by atoms with Gasteiger partial charge >= 0.3 is 0 Å². The van der Waals surface area contributed by atoms with E-state index in [1.807, 2.05) is 42.5 Å². The van der Waals surface area contributed by atoms with Crippen LogP contribution in [0.1, 0.15) is 25.5 Å². The molecule has 0 spiro atoms. The van der Waals surface area contributed by atoms with Crippen LogP contribution < -0.4 is 15.5 Å². The number of aromatic nitrogens is 4. The normalized spacial score (nSPS) is 13.9. The molecule has 3 aromatic heterocycles. The van der Waals surface area contributed by atoms with E-state index in [0.717, 1.165) is 59.8 Å². The number of furan rings is 1. The maximum absolute atomic E-state index is 5.98. The number of hydrogen-bond acceptors (Lipinski definition) is 8. The van der Waals surface area contributed by atoms with Gasteiger partial charge in [-0.05, 0) is 85.2 Å². The van der Waals surface area contributed by atoms with Crippen LogP contribution in [-0.2, 0) is 6.54 Å². The second-order valence-electron chi connectivity index (χ2n) is 8.77. The maximum atomic E-state index is 5.98. The Kier molecular flexibility index (Phi) is 8.18. The molecule has 1 aliphatic heterocycles. The number of rotatable bonds is 7. The van der Waals surface area contributed by atoms with Crippen molar-refractivity contribution < 1.29 is 4.42 Å². The Balaban J connectivity index is 1.26. The second-order valence-corrected chi connectivity index (χ2v) is 10.6. The van der Waals surface area contributed by atoms with Crippen LogP contribution in [0.3, 0.4) is 0 Å². The van der Waals surface area contributed by atoms with Gasteiger partial charge in [-0.15, -0.1) is 0 Å². The molecule has 37 heavy (non-hydrogen) atoms. The van der Waals surface area contributed by atoms with Gasteiger partial charge in [-0.1, -0.05) is 18.5 Å². The molecule has 0 aliphatic carbocycles. The molecule has 0 unspecified atom stereocenters. The fraction of sp³-hybridized carbons (Fsp3) is 0.269. The van der Waals surface area contributed by atoms with E-state index in [-0.39, 0.29) is 0 Å². The van der Waals surface area contributed by atoms with E-state index < -0.39 is 0 Å². The fourth-order valence-corrected chi connectivity index (χ4v) is 4.91. The lowest BCUT2D eigenvalue weighted by atomic mass is 9.99. The van der Waals surface area contributed by atoms with Crippen LogP contribution in [0.15, 0.2) is 75.5 Å². The van der Waals surface area contributed by atoms with Gasteiger partial charge in [0, 0.05) is 42.1 Å². The summed E-state index contributed by atoms with van der Waals surface area (Å²) >= 11 is 12.9. The Morgan fingerprint density at radius 3 is 2.62 bits per heavy atom. The molecule has 2 N–H and O–H groups in total. The molecule has 1 fully saturated rings. The molecule has 0 atom stereocenters. The van der Waals surface area contributed by atoms with E-state index in [1.165, 1.54) is 11.8 Å². The molecule has 11 heteroatoms. The van der Waals surface area contributed by atoms with Gasteiger partial charge in [0.05, 0.1) is 6.54 Å². The van der Waals surface area contributed by atoms with Gasteiger partial charge in [-0.2, -0.15) is 4.98 Å². The van der Waals surface area contributed by atoms with E-state index in [1.54, 1.807) is 18.5 Å². The monoisotopic (exact) mass is 551 g/mol. The van der Waals surface area contributed by atoms with Crippen LogP contribution in [0.25, 0.3) is 11.3 Å². The summed E-state index contributed by atoms with van der Waals surface area (Å²) in [7, 11) is 0. The molecular weight excluding hydrogens is 526 g/mol. The minimum absolute atomic E-state index is 0.403. The van der Waals surface area contributed by atoms with Gasteiger partial charge in [0.1, 0.15) is 22.4 Å². The highest BCUT2D eigenvalue weighted by molar-refractivity contribution is 7.99. The third kappa shape index (κ3) is 6.97. The van der Waals surface area contributed by atoms with Crippen LogP contribution in [0.5, 0.6) is 0 Å². The molecule has 1 saturated heterocycles. The van der Waals surface area contributed by atoms with E-state index >= 15 is 0 Å². The van der Waals surface area contributed by atoms with Crippen molar-refractivity contribution in [3.05, 3.63) is 71.7 Å². The quantitative estimate of drug-likeness (QED) is 0.160. The molecule has 5 rings (SSSR count). The number of thiocarbonyl (C=S) groups is 1. The van der Waals surface area contributed by atoms with E-state index in [9.17, 15) is 0 Å². The average molecular weight is 552 g/mol. The van der Waals surface area contributed by atoms with Crippen LogP contribution in [0, 0.1) is 5.92 Å². The first-order chi connectivity index (χ1) is 18.0. The van der Waals surface area contributed by atoms with Crippen molar-refractivity contribution >= 4 is 52.5 Å². The minimum atomic E-state index is 0.403. The Morgan fingerprint density at radius 2 is 1.86 bits per heavy atom. The summed E-state index contributed by atoms with van der Waals surface area (Å²) in [6.45, 7) is 4.63. The molecule has 190 valence electrons. The predicted molar refractivity (Wildman–Crippen MR) is 151 cm³/mol. The zero-order chi connectivity index (χ0) is 25.6. The van der Waals surface area contributed by atoms with Gasteiger partial charge in [-0.3, -0.25) is 0 Å². The lowest BCUT2D eigenvalue weighted by Gasteiger charge is -2.31. The van der Waals surface area contributed by atoms with Crippen molar-refractivity contribution in [1.29, 1.82) is 0 Å². The standard InChI is InChI=1S/C26H26ClN7OS2/c1-17-9-13-34(14-10-17)22-15-23(37-26-28-11-2-12-29-26)32-24(31-22)33-25(36)30-16-20-7-8-21(35-20)18-3-5-19(27)6-4-18/h2-8,11-12,15,17H,9-10,13-14,16H2,1H3,(H2,30,31,32,33,36). The van der Waals surface area contributed by atoms with Crippen LogP contribution in [-0.4, -0.2) is 38.1 Å². The lowest BCUT2D eigenvalue weighted by Crippen LogP contribution is -2.34. The Bertz CT molecular complexity index is 1340. The minimum Gasteiger partial charge on any atom is -0.459 e. The number of anilines is 2. The molecule has 1 aromatic carbocycles. The maximum Gasteiger partial charge on any atom is 0.232 e. The fourth-order valence-electron chi connectivity index (χ4n) is 3.91. The second kappa shape index (κ2) is 11.9. The molecule has 8 nitrogen and oxygen atoms in total. The van der Waals surface area contributed by atoms with Crippen LogP contribution in [0.2, 0.25) is 5.02 Å². The molecular formula is C26H26ClN7OS2. The van der Waals surface area contributed by atoms with Crippen LogP contribution in [0.4, 0.5) is 11.8 Å². The van der Waals surface area contributed by atoms with Gasteiger partial charge in [-0.25, -0.2) is 15.0 Å². The van der Waals surface area contributed by atoms with Gasteiger partial charge in [0.25, 0.3) is 0 Å². The topological polar surface area (TPSA) is 92.0 Å². The van der Waals surface area contributed by atoms with Crippen molar-refractivity contribution in [1.82, 2.24) is 25.3 Å². The largest absolute Gasteiger partial charge is 0.459 e.